The van der Waals surface area contributed by atoms with Crippen molar-refractivity contribution in [2.75, 3.05) is 0 Å². The van der Waals surface area contributed by atoms with Gasteiger partial charge in [-0.2, -0.15) is 0 Å². The molecule has 0 aliphatic carbocycles. The van der Waals surface area contributed by atoms with Crippen molar-refractivity contribution in [2.24, 2.45) is 0 Å². The van der Waals surface area contributed by atoms with Crippen LogP contribution in [0.4, 0.5) is 5.69 Å². The molecule has 0 aliphatic heterocycles. The molecule has 108 valence electrons. The van der Waals surface area contributed by atoms with E-state index in [9.17, 15) is 19.7 Å². The normalized spacial score (nSPS) is 10.3. The molecular formula is C12H8BrN3O5. The lowest BCUT2D eigenvalue weighted by Gasteiger charge is -2.06. The number of carboxylic acids is 1. The zero-order valence-corrected chi connectivity index (χ0v) is 12.0. The minimum Gasteiger partial charge on any atom is -0.477 e. The van der Waals surface area contributed by atoms with Crippen LogP contribution in [0.5, 0.6) is 0 Å². The number of hydrogen-bond acceptors (Lipinski definition) is 5. The molecule has 9 heteroatoms. The minimum absolute atomic E-state index is 0.0473. The van der Waals surface area contributed by atoms with Crippen LogP contribution in [-0.4, -0.2) is 25.6 Å². The highest BCUT2D eigenvalue weighted by Crippen LogP contribution is 2.15. The second kappa shape index (κ2) is 5.83. The van der Waals surface area contributed by atoms with Gasteiger partial charge in [0.15, 0.2) is 0 Å². The van der Waals surface area contributed by atoms with E-state index < -0.39 is 16.5 Å². The summed E-state index contributed by atoms with van der Waals surface area (Å²) < 4.78 is 1.14. The molecule has 2 rings (SSSR count). The number of rotatable bonds is 4. The number of aromatic nitrogens is 2. The summed E-state index contributed by atoms with van der Waals surface area (Å²) in [5.74, 6) is -1.19. The first-order valence-corrected chi connectivity index (χ1v) is 6.41. The van der Waals surface area contributed by atoms with Gasteiger partial charge in [0.1, 0.15) is 5.69 Å². The molecule has 0 atom stereocenters. The molecule has 0 spiro atoms. The standard InChI is InChI=1S/C12H8BrN3O5/c13-9-4-8(16(20)21)6-15(11(9)17)5-7-2-1-3-10(14-7)12(18)19/h1-4,6H,5H2,(H,18,19). The smallest absolute Gasteiger partial charge is 0.354 e. The van der Waals surface area contributed by atoms with Crippen molar-refractivity contribution in [3.8, 4) is 0 Å². The fourth-order valence-corrected chi connectivity index (χ4v) is 2.13. The van der Waals surface area contributed by atoms with E-state index in [0.717, 1.165) is 16.8 Å². The number of carbonyl (C=O) groups is 1. The maximum atomic E-state index is 11.9. The molecule has 8 nitrogen and oxygen atoms in total. The number of nitro groups is 1. The van der Waals surface area contributed by atoms with Gasteiger partial charge >= 0.3 is 5.97 Å². The van der Waals surface area contributed by atoms with Crippen molar-refractivity contribution >= 4 is 27.6 Å². The van der Waals surface area contributed by atoms with Crippen LogP contribution in [0.15, 0.2) is 39.7 Å². The van der Waals surface area contributed by atoms with E-state index in [1.165, 1.54) is 18.2 Å². The third-order valence-electron chi connectivity index (χ3n) is 2.60. The topological polar surface area (TPSA) is 115 Å². The van der Waals surface area contributed by atoms with Crippen LogP contribution in [0.2, 0.25) is 0 Å². The molecule has 21 heavy (non-hydrogen) atoms. The summed E-state index contributed by atoms with van der Waals surface area (Å²) in [6.45, 7) is -0.0692. The summed E-state index contributed by atoms with van der Waals surface area (Å²) in [4.78, 5) is 36.8. The third-order valence-corrected chi connectivity index (χ3v) is 3.17. The molecular weight excluding hydrogens is 346 g/mol. The summed E-state index contributed by atoms with van der Waals surface area (Å²) in [6, 6.07) is 5.45. The SMILES string of the molecule is O=C(O)c1cccc(Cn2cc([N+](=O)[O-])cc(Br)c2=O)n1. The van der Waals surface area contributed by atoms with Crippen LogP contribution >= 0.6 is 15.9 Å². The quantitative estimate of drug-likeness (QED) is 0.660. The van der Waals surface area contributed by atoms with Gasteiger partial charge in [-0.05, 0) is 28.1 Å². The second-order valence-electron chi connectivity index (χ2n) is 4.06. The van der Waals surface area contributed by atoms with E-state index in [0.29, 0.717) is 5.69 Å². The zero-order chi connectivity index (χ0) is 15.6. The molecule has 0 amide bonds. The van der Waals surface area contributed by atoms with E-state index >= 15 is 0 Å². The predicted octanol–water partition coefficient (Wildman–Crippen LogP) is 1.66. The average molecular weight is 354 g/mol. The lowest BCUT2D eigenvalue weighted by molar-refractivity contribution is -0.385. The molecule has 0 saturated heterocycles. The summed E-state index contributed by atoms with van der Waals surface area (Å²) in [6.07, 6.45) is 1.09. The summed E-state index contributed by atoms with van der Waals surface area (Å²) in [5, 5.41) is 19.7. The maximum absolute atomic E-state index is 11.9. The van der Waals surface area contributed by atoms with E-state index in [1.807, 2.05) is 0 Å². The number of aromatic carboxylic acids is 1. The Hall–Kier alpha value is -2.55. The summed E-state index contributed by atoms with van der Waals surface area (Å²) in [5.41, 5.74) is -0.576. The molecule has 0 aromatic carbocycles. The molecule has 2 aromatic rings. The number of halogens is 1. The molecule has 0 fully saturated rings. The van der Waals surface area contributed by atoms with Crippen LogP contribution < -0.4 is 5.56 Å². The van der Waals surface area contributed by atoms with Gasteiger partial charge in [-0.3, -0.25) is 14.9 Å². The number of pyridine rings is 2. The van der Waals surface area contributed by atoms with E-state index in [2.05, 4.69) is 20.9 Å². The monoisotopic (exact) mass is 353 g/mol. The summed E-state index contributed by atoms with van der Waals surface area (Å²) in [7, 11) is 0. The van der Waals surface area contributed by atoms with Crippen molar-refractivity contribution in [3.63, 3.8) is 0 Å². The van der Waals surface area contributed by atoms with E-state index in [-0.39, 0.29) is 22.4 Å². The highest BCUT2D eigenvalue weighted by Gasteiger charge is 2.13. The van der Waals surface area contributed by atoms with Gasteiger partial charge in [0, 0.05) is 6.07 Å². The Balaban J connectivity index is 2.44. The predicted molar refractivity (Wildman–Crippen MR) is 75.4 cm³/mol. The third kappa shape index (κ3) is 3.31. The summed E-state index contributed by atoms with van der Waals surface area (Å²) >= 11 is 2.96. The van der Waals surface area contributed by atoms with Crippen LogP contribution in [0.1, 0.15) is 16.2 Å². The van der Waals surface area contributed by atoms with Crippen molar-refractivity contribution in [1.82, 2.24) is 9.55 Å². The number of nitrogens with zero attached hydrogens (tertiary/aromatic N) is 3. The highest BCUT2D eigenvalue weighted by atomic mass is 79.9. The molecule has 0 aliphatic rings. The zero-order valence-electron chi connectivity index (χ0n) is 10.4. The molecule has 0 unspecified atom stereocenters. The van der Waals surface area contributed by atoms with Gasteiger partial charge in [-0.15, -0.1) is 0 Å². The Morgan fingerprint density at radius 3 is 2.81 bits per heavy atom. The Morgan fingerprint density at radius 1 is 1.48 bits per heavy atom. The van der Waals surface area contributed by atoms with Crippen LogP contribution in [0, 0.1) is 10.1 Å². The van der Waals surface area contributed by atoms with Gasteiger partial charge in [0.25, 0.3) is 11.2 Å². The molecule has 2 aromatic heterocycles. The van der Waals surface area contributed by atoms with Crippen molar-refractivity contribution in [2.45, 2.75) is 6.54 Å². The Morgan fingerprint density at radius 2 is 2.19 bits per heavy atom. The Labute approximate surface area is 126 Å². The van der Waals surface area contributed by atoms with Crippen molar-refractivity contribution < 1.29 is 14.8 Å². The van der Waals surface area contributed by atoms with Crippen LogP contribution in [0.3, 0.4) is 0 Å². The lowest BCUT2D eigenvalue weighted by atomic mass is 10.3. The van der Waals surface area contributed by atoms with Crippen LogP contribution in [0.25, 0.3) is 0 Å². The van der Waals surface area contributed by atoms with Gasteiger partial charge in [-0.1, -0.05) is 6.07 Å². The Bertz CT molecular complexity index is 787. The van der Waals surface area contributed by atoms with Crippen LogP contribution in [-0.2, 0) is 6.54 Å². The largest absolute Gasteiger partial charge is 0.477 e. The van der Waals surface area contributed by atoms with Gasteiger partial charge in [0.2, 0.25) is 0 Å². The van der Waals surface area contributed by atoms with Crippen molar-refractivity contribution in [3.05, 3.63) is 66.8 Å². The fraction of sp³-hybridized carbons (Fsp3) is 0.0833. The van der Waals surface area contributed by atoms with E-state index in [1.54, 1.807) is 0 Å². The van der Waals surface area contributed by atoms with Gasteiger partial charge in [-0.25, -0.2) is 9.78 Å². The maximum Gasteiger partial charge on any atom is 0.354 e. The molecule has 2 heterocycles. The molecule has 0 saturated carbocycles. The van der Waals surface area contributed by atoms with Gasteiger partial charge in [0.05, 0.1) is 27.8 Å². The highest BCUT2D eigenvalue weighted by molar-refractivity contribution is 9.10. The fourth-order valence-electron chi connectivity index (χ4n) is 1.66. The first-order valence-electron chi connectivity index (χ1n) is 5.62. The minimum atomic E-state index is -1.19. The first kappa shape index (κ1) is 14.9. The Kier molecular flexibility index (Phi) is 4.13. The molecule has 0 bridgehead atoms. The number of hydrogen-bond donors (Lipinski definition) is 1. The van der Waals surface area contributed by atoms with Gasteiger partial charge < -0.3 is 9.67 Å². The van der Waals surface area contributed by atoms with Crippen molar-refractivity contribution in [1.29, 1.82) is 0 Å². The number of carboxylic acid groups (broad SMARTS) is 1. The lowest BCUT2D eigenvalue weighted by Crippen LogP contribution is -2.22. The van der Waals surface area contributed by atoms with E-state index in [4.69, 9.17) is 5.11 Å². The average Bonchev–Trinajstić information content (AvgIpc) is 2.43. The second-order valence-corrected chi connectivity index (χ2v) is 4.91. The molecule has 1 N–H and O–H groups in total. The first-order chi connectivity index (χ1) is 9.88. The molecule has 0 radical (unpaired) electrons.